The first-order valence-electron chi connectivity index (χ1n) is 26.6. The largest absolute Gasteiger partial charge is 0.396 e. The zero-order valence-electron chi connectivity index (χ0n) is 43.3. The first-order valence-corrected chi connectivity index (χ1v) is 26.6. The van der Waals surface area contributed by atoms with Crippen molar-refractivity contribution in [3.05, 3.63) is 23.3 Å². The summed E-state index contributed by atoms with van der Waals surface area (Å²) in [6, 6.07) is 0. The van der Waals surface area contributed by atoms with Gasteiger partial charge >= 0.3 is 0 Å². The standard InChI is InChI=1S/C52H84O22/c1-47(2)13-14-52(22-56)24(15-47)23-7-8-30-48(3)11-10-32(49(4,21-55)29(48)9-12-50(30,5)51(23,6)16-31(52)58)72-45-41(74-44-40(66)37(63)34(60)26(17-53)69-44)36(62)28(20-68-45)71-46-42(38(64)35(61)27(18-54)70-46)73-43-39(65)33(59)25(57)19-67-43/h7-8,25-46,53-66H,9-22H2,1-6H3/t25-,26-,27-,28+,29?,30?,31?,32+,33+,34-,35-,36+,37+,38+,39-,40-,41-,42-,43+,44+,45+,46+,48+,49+,50-,51?,52-/m1/s1. The van der Waals surface area contributed by atoms with Gasteiger partial charge in [-0.05, 0) is 85.0 Å². The van der Waals surface area contributed by atoms with Gasteiger partial charge in [0.05, 0.1) is 51.8 Å². The van der Waals surface area contributed by atoms with Crippen molar-refractivity contribution in [2.75, 3.05) is 39.6 Å². The number of aliphatic hydroxyl groups is 14. The highest BCUT2D eigenvalue weighted by Gasteiger charge is 2.69. The number of ether oxygens (including phenoxy) is 8. The van der Waals surface area contributed by atoms with Crippen molar-refractivity contribution in [1.29, 1.82) is 0 Å². The molecular weight excluding hydrogens is 977 g/mol. The second kappa shape index (κ2) is 20.9. The van der Waals surface area contributed by atoms with Crippen molar-refractivity contribution in [3.8, 4) is 0 Å². The molecule has 4 saturated heterocycles. The molecule has 27 atom stereocenters. The van der Waals surface area contributed by atoms with Gasteiger partial charge in [0, 0.05) is 16.2 Å². The predicted octanol–water partition coefficient (Wildman–Crippen LogP) is -2.42. The minimum absolute atomic E-state index is 0.00812. The van der Waals surface area contributed by atoms with Crippen LogP contribution in [0.15, 0.2) is 23.3 Å². The van der Waals surface area contributed by atoms with E-state index in [1.165, 1.54) is 11.1 Å². The number of rotatable bonds is 12. The van der Waals surface area contributed by atoms with Gasteiger partial charge in [-0.1, -0.05) is 59.3 Å². The second-order valence-corrected chi connectivity index (χ2v) is 25.0. The Hall–Kier alpha value is -1.40. The Bertz CT molecular complexity index is 2040. The van der Waals surface area contributed by atoms with Gasteiger partial charge < -0.3 is 109 Å². The first kappa shape index (κ1) is 57.3. The summed E-state index contributed by atoms with van der Waals surface area (Å²) in [5.41, 5.74) is -0.344. The molecule has 7 fully saturated rings. The molecule has 4 unspecified atom stereocenters. The molecule has 424 valence electrons. The number of aliphatic hydroxyl groups excluding tert-OH is 14. The fraction of sp³-hybridized carbons (Fsp3) is 0.923. The molecular formula is C52H84O22. The Labute approximate surface area is 431 Å². The van der Waals surface area contributed by atoms with Crippen LogP contribution < -0.4 is 0 Å². The van der Waals surface area contributed by atoms with Crippen LogP contribution in [0, 0.1) is 44.3 Å². The monoisotopic (exact) mass is 1060 g/mol. The van der Waals surface area contributed by atoms with Gasteiger partial charge in [-0.25, -0.2) is 0 Å². The average Bonchev–Trinajstić information content (AvgIpc) is 3.36. The van der Waals surface area contributed by atoms with Crippen molar-refractivity contribution in [2.45, 2.75) is 216 Å². The SMILES string of the molecule is CC1(C)CC[C@@]2(CO)C(=C3C=CC4[C@@]5(C)CC[C@H](O[C@@H]6OC[C@H](O[C@@H]7O[C@H](CO)[C@@H](O)[C@H](O)[C@H]7O[C@@H]7OC[C@@H](O)[C@H](O)[C@H]7O)[C@H](O)[C@H]6O[C@@H]6O[C@H](CO)[C@@H](O)[C@H](O)[C@H]6O)[C@@](C)(CO)C5CC[C@@]4(C)C3(C)CC2O)C1. The normalized spacial score (nSPS) is 54.4. The van der Waals surface area contributed by atoms with Crippen molar-refractivity contribution < 1.29 is 109 Å². The van der Waals surface area contributed by atoms with Gasteiger partial charge in [0.2, 0.25) is 0 Å². The van der Waals surface area contributed by atoms with Crippen LogP contribution in [0.4, 0.5) is 0 Å². The number of hydrogen-bond acceptors (Lipinski definition) is 22. The lowest BCUT2D eigenvalue weighted by Gasteiger charge is -2.70. The van der Waals surface area contributed by atoms with Crippen molar-refractivity contribution >= 4 is 0 Å². The van der Waals surface area contributed by atoms with Gasteiger partial charge in [0.25, 0.3) is 0 Å². The smallest absolute Gasteiger partial charge is 0.187 e. The van der Waals surface area contributed by atoms with E-state index in [9.17, 15) is 71.5 Å². The fourth-order valence-corrected chi connectivity index (χ4v) is 15.4. The maximum absolute atomic E-state index is 12.3. The van der Waals surface area contributed by atoms with Gasteiger partial charge in [-0.2, -0.15) is 0 Å². The highest BCUT2D eigenvalue weighted by molar-refractivity contribution is 5.47. The predicted molar refractivity (Wildman–Crippen MR) is 253 cm³/mol. The highest BCUT2D eigenvalue weighted by Crippen LogP contribution is 2.74. The molecule has 0 aromatic carbocycles. The Morgan fingerprint density at radius 2 is 1.20 bits per heavy atom. The minimum Gasteiger partial charge on any atom is -0.396 e. The van der Waals surface area contributed by atoms with Crippen LogP contribution in [-0.2, 0) is 37.9 Å². The van der Waals surface area contributed by atoms with E-state index in [1.807, 2.05) is 6.92 Å². The third-order valence-electron chi connectivity index (χ3n) is 20.4. The number of hydrogen-bond donors (Lipinski definition) is 14. The van der Waals surface area contributed by atoms with E-state index >= 15 is 0 Å². The van der Waals surface area contributed by atoms with E-state index < -0.39 is 165 Å². The summed E-state index contributed by atoms with van der Waals surface area (Å²) in [5.74, 6) is -0.122. The molecule has 22 heteroatoms. The van der Waals surface area contributed by atoms with E-state index in [2.05, 4.69) is 46.8 Å². The summed E-state index contributed by atoms with van der Waals surface area (Å²) >= 11 is 0. The summed E-state index contributed by atoms with van der Waals surface area (Å²) in [6.45, 7) is 10.4. The van der Waals surface area contributed by atoms with E-state index in [-0.39, 0.29) is 41.3 Å². The Morgan fingerprint density at radius 3 is 1.86 bits per heavy atom. The lowest BCUT2D eigenvalue weighted by molar-refractivity contribution is -0.392. The molecule has 4 heterocycles. The van der Waals surface area contributed by atoms with Gasteiger partial charge in [-0.3, -0.25) is 0 Å². The van der Waals surface area contributed by atoms with Gasteiger partial charge in [0.15, 0.2) is 25.2 Å². The summed E-state index contributed by atoms with van der Waals surface area (Å²) in [4.78, 5) is 0. The molecule has 0 aromatic rings. The zero-order valence-corrected chi connectivity index (χ0v) is 43.3. The van der Waals surface area contributed by atoms with Crippen molar-refractivity contribution in [1.82, 2.24) is 0 Å². The third-order valence-corrected chi connectivity index (χ3v) is 20.4. The summed E-state index contributed by atoms with van der Waals surface area (Å²) < 4.78 is 48.4. The van der Waals surface area contributed by atoms with Crippen LogP contribution in [0.25, 0.3) is 0 Å². The molecule has 0 bridgehead atoms. The summed E-state index contributed by atoms with van der Waals surface area (Å²) in [7, 11) is 0. The number of allylic oxidation sites excluding steroid dienone is 3. The van der Waals surface area contributed by atoms with Crippen LogP contribution >= 0.6 is 0 Å². The van der Waals surface area contributed by atoms with Crippen molar-refractivity contribution in [3.63, 3.8) is 0 Å². The maximum Gasteiger partial charge on any atom is 0.187 e. The molecule has 3 saturated carbocycles. The van der Waals surface area contributed by atoms with E-state index in [0.717, 1.165) is 19.3 Å². The zero-order chi connectivity index (χ0) is 53.8. The van der Waals surface area contributed by atoms with Crippen LogP contribution in [-0.4, -0.2) is 234 Å². The molecule has 0 spiro atoms. The Kier molecular flexibility index (Phi) is 16.2. The Morgan fingerprint density at radius 1 is 0.581 bits per heavy atom. The van der Waals surface area contributed by atoms with Crippen molar-refractivity contribution in [2.24, 2.45) is 44.3 Å². The lowest BCUT2D eigenvalue weighted by Crippen LogP contribution is -2.67. The second-order valence-electron chi connectivity index (χ2n) is 25.0. The molecule has 9 aliphatic rings. The molecule has 14 N–H and O–H groups in total. The molecule has 5 aliphatic carbocycles. The maximum atomic E-state index is 12.3. The molecule has 9 rings (SSSR count). The fourth-order valence-electron chi connectivity index (χ4n) is 15.4. The molecule has 22 nitrogen and oxygen atoms in total. The van der Waals surface area contributed by atoms with E-state index in [0.29, 0.717) is 32.1 Å². The number of fused-ring (bicyclic) bond motifs is 6. The summed E-state index contributed by atoms with van der Waals surface area (Å²) in [5, 5.41) is 153. The molecule has 0 radical (unpaired) electrons. The Balaban J connectivity index is 0.995. The lowest BCUT2D eigenvalue weighted by atomic mass is 9.35. The van der Waals surface area contributed by atoms with Crippen LogP contribution in [0.1, 0.15) is 92.9 Å². The minimum atomic E-state index is -1.93. The summed E-state index contributed by atoms with van der Waals surface area (Å²) in [6.07, 6.45) is -22.0. The van der Waals surface area contributed by atoms with Crippen LogP contribution in [0.3, 0.4) is 0 Å². The van der Waals surface area contributed by atoms with Gasteiger partial charge in [-0.15, -0.1) is 0 Å². The first-order chi connectivity index (χ1) is 34.8. The molecule has 0 aromatic heterocycles. The third kappa shape index (κ3) is 9.12. The average molecular weight is 1060 g/mol. The topological polar surface area (TPSA) is 357 Å². The quantitative estimate of drug-likeness (QED) is 0.0905. The van der Waals surface area contributed by atoms with Crippen LogP contribution in [0.2, 0.25) is 0 Å². The molecule has 4 aliphatic heterocycles. The highest BCUT2D eigenvalue weighted by atomic mass is 16.8. The van der Waals surface area contributed by atoms with Crippen LogP contribution in [0.5, 0.6) is 0 Å². The van der Waals surface area contributed by atoms with E-state index in [1.54, 1.807) is 0 Å². The van der Waals surface area contributed by atoms with Gasteiger partial charge in [0.1, 0.15) is 85.5 Å². The molecule has 0 amide bonds. The molecule has 74 heavy (non-hydrogen) atoms. The van der Waals surface area contributed by atoms with E-state index in [4.69, 9.17) is 37.9 Å².